The van der Waals surface area contributed by atoms with Crippen LogP contribution in [0.5, 0.6) is 5.75 Å². The number of aryl methyl sites for hydroxylation is 1. The van der Waals surface area contributed by atoms with E-state index < -0.39 is 23.5 Å². The fourth-order valence-corrected chi connectivity index (χ4v) is 3.65. The van der Waals surface area contributed by atoms with Gasteiger partial charge in [-0.15, -0.1) is 0 Å². The molecule has 1 amide bonds. The van der Waals surface area contributed by atoms with E-state index in [9.17, 15) is 14.7 Å². The summed E-state index contributed by atoms with van der Waals surface area (Å²) >= 11 is 0. The van der Waals surface area contributed by atoms with Crippen LogP contribution in [0.3, 0.4) is 0 Å². The Morgan fingerprint density at radius 3 is 2.67 bits per heavy atom. The summed E-state index contributed by atoms with van der Waals surface area (Å²) < 4.78 is 11.1. The molecule has 2 aromatic rings. The van der Waals surface area contributed by atoms with Crippen molar-refractivity contribution < 1.29 is 23.8 Å². The Balaban J connectivity index is 2.02. The predicted molar refractivity (Wildman–Crippen MR) is 113 cm³/mol. The van der Waals surface area contributed by atoms with E-state index in [1.54, 1.807) is 30.0 Å². The summed E-state index contributed by atoms with van der Waals surface area (Å²) in [6, 6.07) is 9.81. The van der Waals surface area contributed by atoms with Gasteiger partial charge in [0.05, 0.1) is 18.2 Å². The molecular formula is C23H28N2O5. The molecule has 1 aliphatic heterocycles. The largest absolute Gasteiger partial charge is 0.503 e. The first-order valence-electron chi connectivity index (χ1n) is 10.1. The highest BCUT2D eigenvalue weighted by atomic mass is 16.5. The lowest BCUT2D eigenvalue weighted by Gasteiger charge is -2.27. The van der Waals surface area contributed by atoms with E-state index in [-0.39, 0.29) is 11.3 Å². The van der Waals surface area contributed by atoms with Gasteiger partial charge in [-0.1, -0.05) is 12.1 Å². The summed E-state index contributed by atoms with van der Waals surface area (Å²) in [4.78, 5) is 29.7. The van der Waals surface area contributed by atoms with E-state index in [0.717, 1.165) is 6.54 Å². The number of aliphatic hydroxyl groups excluding tert-OH is 1. The van der Waals surface area contributed by atoms with E-state index in [1.165, 1.54) is 0 Å². The molecule has 2 heterocycles. The van der Waals surface area contributed by atoms with Gasteiger partial charge in [-0.3, -0.25) is 9.59 Å². The van der Waals surface area contributed by atoms with Crippen LogP contribution in [0.15, 0.2) is 52.1 Å². The highest BCUT2D eigenvalue weighted by Crippen LogP contribution is 2.40. The summed E-state index contributed by atoms with van der Waals surface area (Å²) in [6.45, 7) is 5.30. The Labute approximate surface area is 176 Å². The van der Waals surface area contributed by atoms with Gasteiger partial charge in [-0.25, -0.2) is 0 Å². The van der Waals surface area contributed by atoms with Crippen molar-refractivity contribution >= 4 is 11.7 Å². The minimum Gasteiger partial charge on any atom is -0.503 e. The summed E-state index contributed by atoms with van der Waals surface area (Å²) in [5.41, 5.74) is 0.739. The summed E-state index contributed by atoms with van der Waals surface area (Å²) in [5.74, 6) is -0.236. The van der Waals surface area contributed by atoms with Gasteiger partial charge >= 0.3 is 0 Å². The maximum Gasteiger partial charge on any atom is 0.290 e. The van der Waals surface area contributed by atoms with Gasteiger partial charge in [0.1, 0.15) is 11.5 Å². The molecule has 1 unspecified atom stereocenters. The van der Waals surface area contributed by atoms with Gasteiger partial charge in [0.25, 0.3) is 5.91 Å². The molecule has 1 atom stereocenters. The number of aliphatic hydroxyl groups is 1. The molecule has 0 spiro atoms. The van der Waals surface area contributed by atoms with Crippen molar-refractivity contribution in [2.45, 2.75) is 26.3 Å². The minimum absolute atomic E-state index is 0.0350. The number of ether oxygens (including phenoxy) is 1. The van der Waals surface area contributed by atoms with E-state index in [2.05, 4.69) is 0 Å². The molecule has 0 saturated carbocycles. The molecule has 0 saturated heterocycles. The number of ketones is 1. The highest BCUT2D eigenvalue weighted by Gasteiger charge is 2.44. The van der Waals surface area contributed by atoms with Crippen LogP contribution in [-0.4, -0.2) is 60.4 Å². The lowest BCUT2D eigenvalue weighted by Crippen LogP contribution is -2.33. The molecule has 3 rings (SSSR count). The smallest absolute Gasteiger partial charge is 0.290 e. The average molecular weight is 412 g/mol. The van der Waals surface area contributed by atoms with Crippen molar-refractivity contribution in [3.8, 4) is 5.75 Å². The van der Waals surface area contributed by atoms with E-state index >= 15 is 0 Å². The van der Waals surface area contributed by atoms with Crippen LogP contribution >= 0.6 is 0 Å². The second kappa shape index (κ2) is 9.17. The Hall–Kier alpha value is -3.06. The van der Waals surface area contributed by atoms with Crippen LogP contribution in [0.2, 0.25) is 0 Å². The van der Waals surface area contributed by atoms with Crippen LogP contribution < -0.4 is 4.74 Å². The van der Waals surface area contributed by atoms with Gasteiger partial charge in [0.2, 0.25) is 5.78 Å². The van der Waals surface area contributed by atoms with Crippen LogP contribution in [0.4, 0.5) is 0 Å². The van der Waals surface area contributed by atoms with E-state index in [0.29, 0.717) is 36.6 Å². The Morgan fingerprint density at radius 1 is 1.27 bits per heavy atom. The fourth-order valence-electron chi connectivity index (χ4n) is 3.65. The van der Waals surface area contributed by atoms with Gasteiger partial charge < -0.3 is 24.1 Å². The van der Waals surface area contributed by atoms with Crippen molar-refractivity contribution in [1.29, 1.82) is 0 Å². The SMILES string of the molecule is CCOc1cccc(C2C(C(=O)c3ccc(C)o3)=C(O)C(=O)N2CCCN(C)C)c1. The Bertz CT molecular complexity index is 960. The zero-order valence-corrected chi connectivity index (χ0v) is 17.8. The molecule has 30 heavy (non-hydrogen) atoms. The van der Waals surface area contributed by atoms with Crippen molar-refractivity contribution in [3.63, 3.8) is 0 Å². The zero-order chi connectivity index (χ0) is 21.8. The number of amides is 1. The third-order valence-corrected chi connectivity index (χ3v) is 5.00. The van der Waals surface area contributed by atoms with Crippen molar-refractivity contribution in [2.24, 2.45) is 0 Å². The first-order chi connectivity index (χ1) is 14.3. The number of hydrogen-bond donors (Lipinski definition) is 1. The molecule has 7 heteroatoms. The summed E-state index contributed by atoms with van der Waals surface area (Å²) in [7, 11) is 3.91. The molecule has 0 aliphatic carbocycles. The maximum absolute atomic E-state index is 13.2. The highest BCUT2D eigenvalue weighted by molar-refractivity contribution is 6.15. The molecule has 1 aromatic carbocycles. The zero-order valence-electron chi connectivity index (χ0n) is 17.8. The summed E-state index contributed by atoms with van der Waals surface area (Å²) in [6.07, 6.45) is 0.703. The number of carbonyl (C=O) groups is 2. The topological polar surface area (TPSA) is 83.2 Å². The number of Topliss-reactive ketones (excluding diaryl/α,β-unsaturated/α-hetero) is 1. The fraction of sp³-hybridized carbons (Fsp3) is 0.391. The molecule has 7 nitrogen and oxygen atoms in total. The van der Waals surface area contributed by atoms with E-state index in [1.807, 2.05) is 44.1 Å². The third-order valence-electron chi connectivity index (χ3n) is 5.00. The van der Waals surface area contributed by atoms with Gasteiger partial charge in [-0.2, -0.15) is 0 Å². The molecule has 0 bridgehead atoms. The molecule has 160 valence electrons. The number of nitrogens with zero attached hydrogens (tertiary/aromatic N) is 2. The van der Waals surface area contributed by atoms with Gasteiger partial charge in [0.15, 0.2) is 11.5 Å². The lowest BCUT2D eigenvalue weighted by molar-refractivity contribution is -0.129. The van der Waals surface area contributed by atoms with Crippen LogP contribution in [-0.2, 0) is 4.79 Å². The third kappa shape index (κ3) is 4.41. The first kappa shape index (κ1) is 21.6. The monoisotopic (exact) mass is 412 g/mol. The number of benzene rings is 1. The normalized spacial score (nSPS) is 16.6. The minimum atomic E-state index is -0.710. The number of carbonyl (C=O) groups excluding carboxylic acids is 2. The molecule has 1 N–H and O–H groups in total. The maximum atomic E-state index is 13.2. The van der Waals surface area contributed by atoms with Gasteiger partial charge in [-0.05, 0) is 70.7 Å². The molecule has 1 aliphatic rings. The molecule has 0 fully saturated rings. The Kier molecular flexibility index (Phi) is 6.62. The second-order valence-electron chi connectivity index (χ2n) is 7.57. The van der Waals surface area contributed by atoms with Crippen molar-refractivity contribution in [2.75, 3.05) is 33.8 Å². The van der Waals surface area contributed by atoms with Crippen LogP contribution in [0.25, 0.3) is 0 Å². The molecule has 0 radical (unpaired) electrons. The van der Waals surface area contributed by atoms with Crippen molar-refractivity contribution in [3.05, 3.63) is 64.8 Å². The van der Waals surface area contributed by atoms with E-state index in [4.69, 9.17) is 9.15 Å². The molecule has 1 aromatic heterocycles. The quantitative estimate of drug-likeness (QED) is 0.635. The van der Waals surface area contributed by atoms with Crippen LogP contribution in [0.1, 0.15) is 41.3 Å². The lowest BCUT2D eigenvalue weighted by atomic mass is 9.95. The number of hydrogen-bond acceptors (Lipinski definition) is 6. The predicted octanol–water partition coefficient (Wildman–Crippen LogP) is 3.52. The number of rotatable bonds is 9. The summed E-state index contributed by atoms with van der Waals surface area (Å²) in [5, 5.41) is 10.7. The standard InChI is InChI=1S/C23H28N2O5/c1-5-29-17-9-6-8-16(14-17)20-19(21(26)18-11-10-15(2)30-18)22(27)23(28)25(20)13-7-12-24(3)4/h6,8-11,14,20,27H,5,7,12-13H2,1-4H3. The first-order valence-corrected chi connectivity index (χ1v) is 10.1. The Morgan fingerprint density at radius 2 is 2.03 bits per heavy atom. The van der Waals surface area contributed by atoms with Gasteiger partial charge in [0, 0.05) is 6.54 Å². The van der Waals surface area contributed by atoms with Crippen molar-refractivity contribution in [1.82, 2.24) is 9.80 Å². The second-order valence-corrected chi connectivity index (χ2v) is 7.57. The number of furan rings is 1. The van der Waals surface area contributed by atoms with Crippen LogP contribution in [0, 0.1) is 6.92 Å². The average Bonchev–Trinajstić information content (AvgIpc) is 3.24. The molecular weight excluding hydrogens is 384 g/mol.